The maximum absolute atomic E-state index is 13.7. The summed E-state index contributed by atoms with van der Waals surface area (Å²) in [6.45, 7) is 1.69. The van der Waals surface area contributed by atoms with Crippen molar-refractivity contribution in [3.8, 4) is 5.75 Å². The number of nitrogens with zero attached hydrogens (tertiary/aromatic N) is 1. The SMILES string of the molecule is CC.COCC(=O)Nc1cccn(CC(=O)NC(CC(=O)O)C(=O)COc2c(F)c(F)cc(F)c2F)c1=O. The minimum atomic E-state index is -1.92. The molecule has 1 aromatic carbocycles. The number of benzene rings is 1. The number of carbonyl (C=O) groups is 4. The summed E-state index contributed by atoms with van der Waals surface area (Å²) in [6, 6.07) is 0.713. The molecule has 1 atom stereocenters. The lowest BCUT2D eigenvalue weighted by molar-refractivity contribution is -0.140. The molecule has 0 radical (unpaired) electrons. The molecular weight excluding hydrogens is 522 g/mol. The number of hydrogen-bond donors (Lipinski definition) is 3. The summed E-state index contributed by atoms with van der Waals surface area (Å²) in [4.78, 5) is 59.9. The average molecular weight is 547 g/mol. The van der Waals surface area contributed by atoms with Gasteiger partial charge in [-0.3, -0.25) is 24.0 Å². The summed E-state index contributed by atoms with van der Waals surface area (Å²) in [7, 11) is 1.26. The van der Waals surface area contributed by atoms with Crippen molar-refractivity contribution in [2.75, 3.05) is 25.6 Å². The fourth-order valence-electron chi connectivity index (χ4n) is 2.81. The minimum absolute atomic E-state index is 0.0766. The van der Waals surface area contributed by atoms with Crippen molar-refractivity contribution in [1.82, 2.24) is 9.88 Å². The number of carboxylic acids is 1. The number of ketones is 1. The van der Waals surface area contributed by atoms with Crippen LogP contribution >= 0.6 is 0 Å². The molecule has 3 N–H and O–H groups in total. The Labute approximate surface area is 213 Å². The number of amides is 2. The van der Waals surface area contributed by atoms with Crippen LogP contribution in [-0.4, -0.2) is 59.6 Å². The molecule has 0 spiro atoms. The first-order chi connectivity index (χ1) is 17.9. The summed E-state index contributed by atoms with van der Waals surface area (Å²) < 4.78 is 64.0. The van der Waals surface area contributed by atoms with Gasteiger partial charge in [0, 0.05) is 19.4 Å². The first kappa shape index (κ1) is 31.8. The number of methoxy groups -OCH3 is 1. The highest BCUT2D eigenvalue weighted by atomic mass is 19.2. The molecule has 0 bridgehead atoms. The normalized spacial score (nSPS) is 11.0. The monoisotopic (exact) mass is 547 g/mol. The standard InChI is InChI=1S/C21H19F4N3O8.C2H6/c1-35-9-16(31)26-12-3-2-4-28(21(12)34)7-15(30)27-13(6-17(32)33)14(29)8-36-20-18(24)10(22)5-11(23)19(20)25;1-2/h2-5,13H,6-9H2,1H3,(H,26,31)(H,27,30)(H,32,33);1-2H3. The molecule has 38 heavy (non-hydrogen) atoms. The number of anilines is 1. The Balaban J connectivity index is 0.00000352. The molecular formula is C23H25F4N3O8. The lowest BCUT2D eigenvalue weighted by atomic mass is 10.1. The van der Waals surface area contributed by atoms with Crippen molar-refractivity contribution in [1.29, 1.82) is 0 Å². The smallest absolute Gasteiger partial charge is 0.305 e. The summed E-state index contributed by atoms with van der Waals surface area (Å²) in [6.07, 6.45) is 0.188. The van der Waals surface area contributed by atoms with E-state index >= 15 is 0 Å². The van der Waals surface area contributed by atoms with E-state index in [1.165, 1.54) is 25.4 Å². The van der Waals surface area contributed by atoms with E-state index < -0.39 is 83.8 Å². The third-order valence-electron chi connectivity index (χ3n) is 4.42. The third-order valence-corrected chi connectivity index (χ3v) is 4.42. The van der Waals surface area contributed by atoms with Gasteiger partial charge in [-0.25, -0.2) is 8.78 Å². The summed E-state index contributed by atoms with van der Waals surface area (Å²) >= 11 is 0. The van der Waals surface area contributed by atoms with Gasteiger partial charge in [-0.1, -0.05) is 13.8 Å². The largest absolute Gasteiger partial charge is 0.481 e. The number of hydrogen-bond acceptors (Lipinski definition) is 7. The van der Waals surface area contributed by atoms with Crippen molar-refractivity contribution in [3.63, 3.8) is 0 Å². The summed E-state index contributed by atoms with van der Waals surface area (Å²) in [5.74, 6) is -13.4. The number of carbonyl (C=O) groups excluding carboxylic acids is 3. The number of aromatic nitrogens is 1. The number of nitrogens with one attached hydrogen (secondary N) is 2. The molecule has 1 unspecified atom stereocenters. The Kier molecular flexibility index (Phi) is 12.6. The minimum Gasteiger partial charge on any atom is -0.481 e. The number of carboxylic acid groups (broad SMARTS) is 1. The van der Waals surface area contributed by atoms with Gasteiger partial charge in [-0.15, -0.1) is 0 Å². The number of pyridine rings is 1. The maximum atomic E-state index is 13.7. The Morgan fingerprint density at radius 1 is 1.03 bits per heavy atom. The van der Waals surface area contributed by atoms with Gasteiger partial charge in [0.1, 0.15) is 31.5 Å². The lowest BCUT2D eigenvalue weighted by Gasteiger charge is -2.17. The Bertz CT molecular complexity index is 1210. The van der Waals surface area contributed by atoms with E-state index in [0.29, 0.717) is 0 Å². The summed E-state index contributed by atoms with van der Waals surface area (Å²) in [5, 5.41) is 13.3. The van der Waals surface area contributed by atoms with E-state index in [-0.39, 0.29) is 18.4 Å². The Morgan fingerprint density at radius 2 is 1.63 bits per heavy atom. The molecule has 15 heteroatoms. The molecule has 2 rings (SSSR count). The van der Waals surface area contributed by atoms with Gasteiger partial charge in [0.25, 0.3) is 5.56 Å². The molecule has 0 saturated carbocycles. The second-order valence-electron chi connectivity index (χ2n) is 7.11. The zero-order chi connectivity index (χ0) is 29.0. The molecule has 0 aliphatic carbocycles. The topological polar surface area (TPSA) is 153 Å². The van der Waals surface area contributed by atoms with E-state index in [2.05, 4.69) is 14.8 Å². The molecule has 1 heterocycles. The zero-order valence-electron chi connectivity index (χ0n) is 20.5. The van der Waals surface area contributed by atoms with E-state index in [9.17, 15) is 41.5 Å². The van der Waals surface area contributed by atoms with Crippen LogP contribution in [0.25, 0.3) is 0 Å². The van der Waals surface area contributed by atoms with Gasteiger partial charge in [0.05, 0.1) is 6.42 Å². The van der Waals surface area contributed by atoms with Gasteiger partial charge < -0.3 is 29.8 Å². The van der Waals surface area contributed by atoms with Crippen molar-refractivity contribution in [2.24, 2.45) is 0 Å². The van der Waals surface area contributed by atoms with Crippen LogP contribution in [0.4, 0.5) is 23.2 Å². The van der Waals surface area contributed by atoms with Crippen LogP contribution in [0, 0.1) is 23.3 Å². The average Bonchev–Trinajstić information content (AvgIpc) is 2.86. The van der Waals surface area contributed by atoms with Gasteiger partial charge in [0.2, 0.25) is 23.4 Å². The van der Waals surface area contributed by atoms with Gasteiger partial charge in [-0.05, 0) is 12.1 Å². The number of ether oxygens (including phenoxy) is 2. The highest BCUT2D eigenvalue weighted by molar-refractivity contribution is 5.93. The van der Waals surface area contributed by atoms with Crippen LogP contribution in [0.1, 0.15) is 20.3 Å². The first-order valence-electron chi connectivity index (χ1n) is 10.9. The fourth-order valence-corrected chi connectivity index (χ4v) is 2.81. The summed E-state index contributed by atoms with van der Waals surface area (Å²) in [5.41, 5.74) is -0.995. The number of Topliss-reactive ketones (excluding diaryl/α,β-unsaturated/α-hetero) is 1. The van der Waals surface area contributed by atoms with E-state index in [1.54, 1.807) is 0 Å². The van der Waals surface area contributed by atoms with Crippen molar-refractivity contribution >= 4 is 29.3 Å². The molecule has 0 aliphatic rings. The zero-order valence-corrected chi connectivity index (χ0v) is 20.5. The van der Waals surface area contributed by atoms with Crippen LogP contribution in [0.15, 0.2) is 29.2 Å². The molecule has 2 aromatic rings. The quantitative estimate of drug-likeness (QED) is 0.268. The van der Waals surface area contributed by atoms with E-state index in [0.717, 1.165) is 4.57 Å². The first-order valence-corrected chi connectivity index (χ1v) is 10.9. The van der Waals surface area contributed by atoms with Gasteiger partial charge in [0.15, 0.2) is 23.2 Å². The number of aliphatic carboxylic acids is 1. The Morgan fingerprint density at radius 3 is 2.18 bits per heavy atom. The number of rotatable bonds is 12. The van der Waals surface area contributed by atoms with E-state index in [4.69, 9.17) is 5.11 Å². The predicted octanol–water partition coefficient (Wildman–Crippen LogP) is 1.62. The maximum Gasteiger partial charge on any atom is 0.305 e. The second kappa shape index (κ2) is 15.1. The van der Waals surface area contributed by atoms with Crippen LogP contribution in [0.5, 0.6) is 5.75 Å². The van der Waals surface area contributed by atoms with Crippen LogP contribution in [-0.2, 0) is 30.5 Å². The predicted molar refractivity (Wildman–Crippen MR) is 124 cm³/mol. The van der Waals surface area contributed by atoms with Gasteiger partial charge in [-0.2, -0.15) is 8.78 Å². The lowest BCUT2D eigenvalue weighted by Crippen LogP contribution is -2.46. The van der Waals surface area contributed by atoms with Crippen LogP contribution in [0.3, 0.4) is 0 Å². The third kappa shape index (κ3) is 8.99. The highest BCUT2D eigenvalue weighted by Crippen LogP contribution is 2.26. The van der Waals surface area contributed by atoms with Gasteiger partial charge >= 0.3 is 5.97 Å². The molecule has 0 fully saturated rings. The van der Waals surface area contributed by atoms with Crippen molar-refractivity contribution in [3.05, 3.63) is 58.0 Å². The van der Waals surface area contributed by atoms with Crippen LogP contribution < -0.4 is 20.9 Å². The number of halogens is 4. The van der Waals surface area contributed by atoms with Crippen molar-refractivity contribution in [2.45, 2.75) is 32.9 Å². The molecule has 0 saturated heterocycles. The molecule has 208 valence electrons. The molecule has 2 amide bonds. The van der Waals surface area contributed by atoms with E-state index in [1.807, 2.05) is 19.2 Å². The highest BCUT2D eigenvalue weighted by Gasteiger charge is 2.27. The second-order valence-corrected chi connectivity index (χ2v) is 7.11. The fraction of sp³-hybridized carbons (Fsp3) is 0.348. The Hall–Kier alpha value is -4.27. The molecule has 1 aromatic heterocycles. The molecule has 0 aliphatic heterocycles. The molecule has 11 nitrogen and oxygen atoms in total. The van der Waals surface area contributed by atoms with Crippen LogP contribution in [0.2, 0.25) is 0 Å². The van der Waals surface area contributed by atoms with Crippen molar-refractivity contribution < 1.29 is 51.3 Å².